The molecule has 0 bridgehead atoms. The van der Waals surface area contributed by atoms with E-state index in [1.54, 1.807) is 20.1 Å². The van der Waals surface area contributed by atoms with Crippen molar-refractivity contribution in [2.24, 2.45) is 0 Å². The molecule has 30 heavy (non-hydrogen) atoms. The Hall–Kier alpha value is -3.04. The van der Waals surface area contributed by atoms with E-state index in [-0.39, 0.29) is 28.1 Å². The molecule has 0 saturated carbocycles. The number of fused-ring (bicyclic) bond motifs is 1. The number of amides is 3. The Morgan fingerprint density at radius 3 is 2.43 bits per heavy atom. The molecule has 9 heteroatoms. The minimum atomic E-state index is -3.43. The molecule has 1 aliphatic heterocycles. The van der Waals surface area contributed by atoms with Crippen LogP contribution in [0.3, 0.4) is 0 Å². The minimum absolute atomic E-state index is 0.0878. The number of carbonyl (C=O) groups excluding carboxylic acids is 3. The molecule has 0 aromatic heterocycles. The van der Waals surface area contributed by atoms with Crippen molar-refractivity contribution in [2.45, 2.75) is 18.2 Å². The summed E-state index contributed by atoms with van der Waals surface area (Å²) in [5.41, 5.74) is 1.66. The van der Waals surface area contributed by atoms with Crippen LogP contribution in [0, 0.1) is 6.92 Å². The molecule has 0 aliphatic carbocycles. The molecule has 3 rings (SSSR count). The highest BCUT2D eigenvalue weighted by atomic mass is 32.2. The van der Waals surface area contributed by atoms with Crippen LogP contribution in [0.4, 0.5) is 5.69 Å². The number of imide groups is 1. The fraction of sp³-hybridized carbons (Fsp3) is 0.286. The standard InChI is InChI=1S/C21H22N2O6S/c1-13-5-7-15(30(3,27)28)12-18(13)22-19(24)14-6-8-16-17(11-14)21(26)23(20(16)25)9-4-10-29-2/h5-8,11-12H,4,9-10H2,1-3H3,(H,22,24). The third-order valence-corrected chi connectivity index (χ3v) is 5.96. The number of carbonyl (C=O) groups is 3. The van der Waals surface area contributed by atoms with Crippen LogP contribution in [0.25, 0.3) is 0 Å². The third-order valence-electron chi connectivity index (χ3n) is 4.85. The SMILES string of the molecule is COCCCN1C(=O)c2ccc(C(=O)Nc3cc(S(C)(=O)=O)ccc3C)cc2C1=O. The number of aryl methyl sites for hydroxylation is 1. The Kier molecular flexibility index (Phi) is 6.04. The maximum atomic E-state index is 12.7. The number of methoxy groups -OCH3 is 1. The van der Waals surface area contributed by atoms with Crippen molar-refractivity contribution in [3.8, 4) is 0 Å². The lowest BCUT2D eigenvalue weighted by Crippen LogP contribution is -2.31. The first-order chi connectivity index (χ1) is 14.1. The van der Waals surface area contributed by atoms with Gasteiger partial charge in [-0.1, -0.05) is 6.07 Å². The van der Waals surface area contributed by atoms with Crippen LogP contribution in [-0.4, -0.2) is 57.6 Å². The summed E-state index contributed by atoms with van der Waals surface area (Å²) in [5, 5.41) is 2.68. The molecule has 8 nitrogen and oxygen atoms in total. The predicted molar refractivity (Wildman–Crippen MR) is 111 cm³/mol. The molecule has 1 heterocycles. The van der Waals surface area contributed by atoms with Gasteiger partial charge in [-0.3, -0.25) is 19.3 Å². The molecule has 1 N–H and O–H groups in total. The van der Waals surface area contributed by atoms with Crippen molar-refractivity contribution in [1.29, 1.82) is 0 Å². The molecular formula is C21H22N2O6S. The average Bonchev–Trinajstić information content (AvgIpc) is 2.93. The molecule has 2 aromatic carbocycles. The molecule has 1 aliphatic rings. The molecule has 0 spiro atoms. The first-order valence-corrected chi connectivity index (χ1v) is 11.1. The highest BCUT2D eigenvalue weighted by Crippen LogP contribution is 2.26. The summed E-state index contributed by atoms with van der Waals surface area (Å²) < 4.78 is 28.5. The summed E-state index contributed by atoms with van der Waals surface area (Å²) in [6.45, 7) is 2.40. The van der Waals surface area contributed by atoms with Crippen molar-refractivity contribution < 1.29 is 27.5 Å². The Bertz CT molecular complexity index is 1140. The van der Waals surface area contributed by atoms with Gasteiger partial charge in [0.25, 0.3) is 17.7 Å². The number of ether oxygens (including phenoxy) is 1. The van der Waals surface area contributed by atoms with Gasteiger partial charge in [0, 0.05) is 37.8 Å². The van der Waals surface area contributed by atoms with Crippen molar-refractivity contribution in [3.05, 3.63) is 58.7 Å². The van der Waals surface area contributed by atoms with Gasteiger partial charge < -0.3 is 10.1 Å². The fourth-order valence-electron chi connectivity index (χ4n) is 3.16. The topological polar surface area (TPSA) is 110 Å². The van der Waals surface area contributed by atoms with E-state index < -0.39 is 27.6 Å². The van der Waals surface area contributed by atoms with Crippen molar-refractivity contribution in [3.63, 3.8) is 0 Å². The number of hydrogen-bond donors (Lipinski definition) is 1. The van der Waals surface area contributed by atoms with Crippen molar-refractivity contribution >= 4 is 33.2 Å². The summed E-state index contributed by atoms with van der Waals surface area (Å²) in [7, 11) is -1.89. The van der Waals surface area contributed by atoms with Gasteiger partial charge in [0.05, 0.1) is 16.0 Å². The van der Waals surface area contributed by atoms with Crippen molar-refractivity contribution in [2.75, 3.05) is 31.8 Å². The zero-order chi connectivity index (χ0) is 22.1. The predicted octanol–water partition coefficient (Wildman–Crippen LogP) is 2.28. The van der Waals surface area contributed by atoms with E-state index in [9.17, 15) is 22.8 Å². The smallest absolute Gasteiger partial charge is 0.261 e. The number of hydrogen-bond acceptors (Lipinski definition) is 6. The molecule has 3 amide bonds. The summed E-state index contributed by atoms with van der Waals surface area (Å²) in [4.78, 5) is 39.0. The number of nitrogens with one attached hydrogen (secondary N) is 1. The second kappa shape index (κ2) is 8.37. The summed E-state index contributed by atoms with van der Waals surface area (Å²) in [5.74, 6) is -1.35. The maximum Gasteiger partial charge on any atom is 0.261 e. The molecule has 0 fully saturated rings. The monoisotopic (exact) mass is 430 g/mol. The van der Waals surface area contributed by atoms with Gasteiger partial charge in [-0.25, -0.2) is 8.42 Å². The van der Waals surface area contributed by atoms with E-state index in [1.807, 2.05) is 0 Å². The Labute approximate surface area is 174 Å². The van der Waals surface area contributed by atoms with Crippen LogP contribution in [0.15, 0.2) is 41.3 Å². The highest BCUT2D eigenvalue weighted by molar-refractivity contribution is 7.90. The minimum Gasteiger partial charge on any atom is -0.385 e. The first kappa shape index (κ1) is 21.7. The Morgan fingerprint density at radius 1 is 1.07 bits per heavy atom. The first-order valence-electron chi connectivity index (χ1n) is 9.24. The zero-order valence-corrected chi connectivity index (χ0v) is 17.7. The fourth-order valence-corrected chi connectivity index (χ4v) is 3.81. The van der Waals surface area contributed by atoms with Gasteiger partial charge in [0.1, 0.15) is 0 Å². The van der Waals surface area contributed by atoms with Crippen LogP contribution in [0.1, 0.15) is 43.1 Å². The van der Waals surface area contributed by atoms with E-state index in [2.05, 4.69) is 5.32 Å². The average molecular weight is 430 g/mol. The van der Waals surface area contributed by atoms with E-state index >= 15 is 0 Å². The second-order valence-electron chi connectivity index (χ2n) is 7.07. The van der Waals surface area contributed by atoms with Gasteiger partial charge in [0.15, 0.2) is 9.84 Å². The quantitative estimate of drug-likeness (QED) is 0.533. The van der Waals surface area contributed by atoms with E-state index in [1.165, 1.54) is 30.3 Å². The van der Waals surface area contributed by atoms with E-state index in [0.29, 0.717) is 24.3 Å². The lowest BCUT2D eigenvalue weighted by molar-refractivity contribution is 0.0638. The molecule has 0 saturated heterocycles. The van der Waals surface area contributed by atoms with Crippen LogP contribution in [0.5, 0.6) is 0 Å². The molecule has 158 valence electrons. The number of nitrogens with zero attached hydrogens (tertiary/aromatic N) is 1. The van der Waals surface area contributed by atoms with Gasteiger partial charge in [0.2, 0.25) is 0 Å². The van der Waals surface area contributed by atoms with Crippen molar-refractivity contribution in [1.82, 2.24) is 4.90 Å². The molecular weight excluding hydrogens is 408 g/mol. The lowest BCUT2D eigenvalue weighted by atomic mass is 10.0. The lowest BCUT2D eigenvalue weighted by Gasteiger charge is -2.12. The maximum absolute atomic E-state index is 12.7. The largest absolute Gasteiger partial charge is 0.385 e. The van der Waals surface area contributed by atoms with E-state index in [0.717, 1.165) is 11.2 Å². The van der Waals surface area contributed by atoms with Crippen LogP contribution in [-0.2, 0) is 14.6 Å². The molecule has 0 atom stereocenters. The number of anilines is 1. The van der Waals surface area contributed by atoms with Crippen LogP contribution in [0.2, 0.25) is 0 Å². The van der Waals surface area contributed by atoms with Crippen LogP contribution < -0.4 is 5.32 Å². The zero-order valence-electron chi connectivity index (χ0n) is 16.9. The van der Waals surface area contributed by atoms with Crippen LogP contribution >= 0.6 is 0 Å². The Balaban J connectivity index is 1.84. The summed E-state index contributed by atoms with van der Waals surface area (Å²) in [6, 6.07) is 8.78. The Morgan fingerprint density at radius 2 is 1.77 bits per heavy atom. The molecule has 2 aromatic rings. The third kappa shape index (κ3) is 4.27. The number of benzene rings is 2. The molecule has 0 unspecified atom stereocenters. The van der Waals surface area contributed by atoms with Gasteiger partial charge in [-0.05, 0) is 49.2 Å². The van der Waals surface area contributed by atoms with E-state index in [4.69, 9.17) is 4.74 Å². The summed E-state index contributed by atoms with van der Waals surface area (Å²) in [6.07, 6.45) is 1.61. The summed E-state index contributed by atoms with van der Waals surface area (Å²) >= 11 is 0. The molecule has 0 radical (unpaired) electrons. The van der Waals surface area contributed by atoms with Gasteiger partial charge in [-0.15, -0.1) is 0 Å². The normalized spacial score (nSPS) is 13.5. The number of sulfone groups is 1. The second-order valence-corrected chi connectivity index (χ2v) is 9.09. The highest BCUT2D eigenvalue weighted by Gasteiger charge is 2.35. The van der Waals surface area contributed by atoms with Gasteiger partial charge in [-0.2, -0.15) is 0 Å². The van der Waals surface area contributed by atoms with Gasteiger partial charge >= 0.3 is 0 Å². The number of rotatable bonds is 7.